The van der Waals surface area contributed by atoms with Crippen molar-refractivity contribution in [2.45, 2.75) is 30.6 Å². The second kappa shape index (κ2) is 11.7. The summed E-state index contributed by atoms with van der Waals surface area (Å²) in [5, 5.41) is 2.87. The molecule has 2 amide bonds. The first kappa shape index (κ1) is 24.6. The molecule has 0 aromatic heterocycles. The third-order valence-corrected chi connectivity index (χ3v) is 7.80. The van der Waals surface area contributed by atoms with Gasteiger partial charge >= 0.3 is 0 Å². The monoisotopic (exact) mass is 466 g/mol. The SMILES string of the molecule is COCCCNC(=O)CN1CCN(C(=O)c2cccc(S(=O)(=O)N3CCCCC3)c2)CC1. The number of rotatable bonds is 9. The van der Waals surface area contributed by atoms with E-state index >= 15 is 0 Å². The highest BCUT2D eigenvalue weighted by atomic mass is 32.2. The van der Waals surface area contributed by atoms with Gasteiger partial charge in [-0.25, -0.2) is 8.42 Å². The maximum absolute atomic E-state index is 13.0. The second-order valence-electron chi connectivity index (χ2n) is 8.26. The normalized spacial score (nSPS) is 18.5. The molecule has 0 aliphatic carbocycles. The highest BCUT2D eigenvalue weighted by Crippen LogP contribution is 2.22. The van der Waals surface area contributed by atoms with E-state index in [9.17, 15) is 18.0 Å². The van der Waals surface area contributed by atoms with Crippen LogP contribution in [0.15, 0.2) is 29.2 Å². The maximum atomic E-state index is 13.0. The van der Waals surface area contributed by atoms with Crippen LogP contribution in [0, 0.1) is 0 Å². The van der Waals surface area contributed by atoms with E-state index in [0.717, 1.165) is 25.7 Å². The summed E-state index contributed by atoms with van der Waals surface area (Å²) in [5.74, 6) is -0.208. The van der Waals surface area contributed by atoms with Crippen LogP contribution in [0.25, 0.3) is 0 Å². The van der Waals surface area contributed by atoms with Gasteiger partial charge in [0.05, 0.1) is 11.4 Å². The Morgan fingerprint density at radius 3 is 2.44 bits per heavy atom. The van der Waals surface area contributed by atoms with Crippen molar-refractivity contribution in [3.63, 3.8) is 0 Å². The van der Waals surface area contributed by atoms with Gasteiger partial charge in [0.1, 0.15) is 0 Å². The average Bonchev–Trinajstić information content (AvgIpc) is 2.82. The van der Waals surface area contributed by atoms with Crippen LogP contribution in [0.3, 0.4) is 0 Å². The second-order valence-corrected chi connectivity index (χ2v) is 10.2. The summed E-state index contributed by atoms with van der Waals surface area (Å²) in [5.41, 5.74) is 0.382. The van der Waals surface area contributed by atoms with Crippen molar-refractivity contribution in [3.8, 4) is 0 Å². The Morgan fingerprint density at radius 2 is 1.75 bits per heavy atom. The molecule has 178 valence electrons. The Kier molecular flexibility index (Phi) is 9.03. The Balaban J connectivity index is 1.53. The van der Waals surface area contributed by atoms with Crippen LogP contribution in [0.2, 0.25) is 0 Å². The van der Waals surface area contributed by atoms with Crippen LogP contribution in [0.4, 0.5) is 0 Å². The summed E-state index contributed by atoms with van der Waals surface area (Å²) < 4.78 is 32.4. The predicted octanol–water partition coefficient (Wildman–Crippen LogP) is 0.772. The number of hydrogen-bond acceptors (Lipinski definition) is 6. The van der Waals surface area contributed by atoms with E-state index < -0.39 is 10.0 Å². The summed E-state index contributed by atoms with van der Waals surface area (Å²) in [7, 11) is -1.95. The topological polar surface area (TPSA) is 99.3 Å². The highest BCUT2D eigenvalue weighted by Gasteiger charge is 2.28. The molecule has 9 nitrogen and oxygen atoms in total. The fraction of sp³-hybridized carbons (Fsp3) is 0.636. The lowest BCUT2D eigenvalue weighted by molar-refractivity contribution is -0.122. The van der Waals surface area contributed by atoms with Crippen LogP contribution in [0.5, 0.6) is 0 Å². The lowest BCUT2D eigenvalue weighted by Crippen LogP contribution is -2.51. The number of nitrogens with zero attached hydrogens (tertiary/aromatic N) is 3. The number of carbonyl (C=O) groups excluding carboxylic acids is 2. The molecule has 0 unspecified atom stereocenters. The first-order valence-corrected chi connectivity index (χ1v) is 12.7. The maximum Gasteiger partial charge on any atom is 0.253 e. The number of ether oxygens (including phenoxy) is 1. The zero-order valence-electron chi connectivity index (χ0n) is 18.8. The van der Waals surface area contributed by atoms with Crippen molar-refractivity contribution >= 4 is 21.8 Å². The van der Waals surface area contributed by atoms with E-state index in [4.69, 9.17) is 4.74 Å². The van der Waals surface area contributed by atoms with E-state index in [0.29, 0.717) is 64.5 Å². The Labute approximate surface area is 190 Å². The molecule has 2 aliphatic heterocycles. The average molecular weight is 467 g/mol. The van der Waals surface area contributed by atoms with E-state index in [1.807, 2.05) is 4.90 Å². The Bertz CT molecular complexity index is 878. The summed E-state index contributed by atoms with van der Waals surface area (Å²) in [6, 6.07) is 6.35. The third-order valence-electron chi connectivity index (χ3n) is 5.91. The first-order chi connectivity index (χ1) is 15.4. The van der Waals surface area contributed by atoms with E-state index in [1.165, 1.54) is 10.4 Å². The van der Waals surface area contributed by atoms with Crippen LogP contribution in [-0.4, -0.2) is 100 Å². The summed E-state index contributed by atoms with van der Waals surface area (Å²) >= 11 is 0. The van der Waals surface area contributed by atoms with Crippen molar-refractivity contribution in [3.05, 3.63) is 29.8 Å². The minimum atomic E-state index is -3.58. The van der Waals surface area contributed by atoms with E-state index in [-0.39, 0.29) is 16.7 Å². The van der Waals surface area contributed by atoms with Crippen LogP contribution in [-0.2, 0) is 19.6 Å². The Morgan fingerprint density at radius 1 is 1.03 bits per heavy atom. The van der Waals surface area contributed by atoms with E-state index in [1.54, 1.807) is 30.2 Å². The standard InChI is InChI=1S/C22H34N4O5S/c1-31-16-6-9-23-21(27)18-24-12-14-25(15-13-24)22(28)19-7-5-8-20(17-19)32(29,30)26-10-3-2-4-11-26/h5,7-8,17H,2-4,6,9-16,18H2,1H3,(H,23,27). The van der Waals surface area contributed by atoms with Crippen molar-refractivity contribution in [2.75, 3.05) is 66.1 Å². The van der Waals surface area contributed by atoms with Crippen molar-refractivity contribution in [1.29, 1.82) is 0 Å². The van der Waals surface area contributed by atoms with Gasteiger partial charge in [-0.3, -0.25) is 14.5 Å². The number of benzene rings is 1. The molecule has 0 saturated carbocycles. The number of nitrogens with one attached hydrogen (secondary N) is 1. The van der Waals surface area contributed by atoms with Crippen molar-refractivity contribution < 1.29 is 22.7 Å². The van der Waals surface area contributed by atoms with Crippen molar-refractivity contribution in [1.82, 2.24) is 19.4 Å². The molecule has 1 aromatic carbocycles. The molecule has 0 bridgehead atoms. The number of amides is 2. The molecule has 2 heterocycles. The van der Waals surface area contributed by atoms with Gasteiger partial charge in [-0.15, -0.1) is 0 Å². The van der Waals surface area contributed by atoms with Gasteiger partial charge in [-0.05, 0) is 37.5 Å². The quantitative estimate of drug-likeness (QED) is 0.540. The number of piperazine rings is 1. The highest BCUT2D eigenvalue weighted by molar-refractivity contribution is 7.89. The zero-order chi connectivity index (χ0) is 23.0. The van der Waals surface area contributed by atoms with Crippen LogP contribution < -0.4 is 5.32 Å². The van der Waals surface area contributed by atoms with Gasteiger partial charge in [-0.1, -0.05) is 12.5 Å². The molecule has 0 spiro atoms. The molecule has 10 heteroatoms. The van der Waals surface area contributed by atoms with Crippen molar-refractivity contribution in [2.24, 2.45) is 0 Å². The minimum Gasteiger partial charge on any atom is -0.385 e. The fourth-order valence-electron chi connectivity index (χ4n) is 4.04. The van der Waals surface area contributed by atoms with E-state index in [2.05, 4.69) is 5.32 Å². The molecule has 0 atom stereocenters. The van der Waals surface area contributed by atoms with Gasteiger partial charge in [0.15, 0.2) is 0 Å². The minimum absolute atomic E-state index is 0.0310. The first-order valence-electron chi connectivity index (χ1n) is 11.3. The van der Waals surface area contributed by atoms with Gasteiger partial charge < -0.3 is 15.0 Å². The molecule has 1 N–H and O–H groups in total. The van der Waals surface area contributed by atoms with Gasteiger partial charge in [-0.2, -0.15) is 4.31 Å². The van der Waals surface area contributed by atoms with Crippen LogP contribution in [0.1, 0.15) is 36.0 Å². The molecule has 0 radical (unpaired) electrons. The molecule has 32 heavy (non-hydrogen) atoms. The number of hydrogen-bond donors (Lipinski definition) is 1. The fourth-order valence-corrected chi connectivity index (χ4v) is 5.60. The Hall–Kier alpha value is -2.01. The molecular formula is C22H34N4O5S. The summed E-state index contributed by atoms with van der Waals surface area (Å²) in [4.78, 5) is 29.0. The molecular weight excluding hydrogens is 432 g/mol. The molecule has 1 aromatic rings. The molecule has 3 rings (SSSR count). The van der Waals surface area contributed by atoms with Gasteiger partial charge in [0, 0.05) is 65.1 Å². The zero-order valence-corrected chi connectivity index (χ0v) is 19.6. The van der Waals surface area contributed by atoms with Gasteiger partial charge in [0.2, 0.25) is 15.9 Å². The number of methoxy groups -OCH3 is 1. The van der Waals surface area contributed by atoms with Crippen LogP contribution >= 0.6 is 0 Å². The number of sulfonamides is 1. The number of piperidine rings is 1. The lowest BCUT2D eigenvalue weighted by atomic mass is 10.2. The predicted molar refractivity (Wildman–Crippen MR) is 121 cm³/mol. The molecule has 2 saturated heterocycles. The molecule has 2 fully saturated rings. The number of carbonyl (C=O) groups is 2. The largest absolute Gasteiger partial charge is 0.385 e. The summed E-state index contributed by atoms with van der Waals surface area (Å²) in [6.45, 7) is 4.76. The summed E-state index contributed by atoms with van der Waals surface area (Å²) in [6.07, 6.45) is 3.56. The van der Waals surface area contributed by atoms with Gasteiger partial charge in [0.25, 0.3) is 5.91 Å². The molecule has 2 aliphatic rings. The lowest BCUT2D eigenvalue weighted by Gasteiger charge is -2.34. The third kappa shape index (κ3) is 6.50. The smallest absolute Gasteiger partial charge is 0.253 e.